The number of carbonyl (C=O) groups is 2. The largest absolute Gasteiger partial charge is 0.453 e. The van der Waals surface area contributed by atoms with Crippen LogP contribution in [0.1, 0.15) is 20.7 Å². The number of hydrogen-bond donors (Lipinski definition) is 0. The lowest BCUT2D eigenvalue weighted by Crippen LogP contribution is -2.29. The van der Waals surface area contributed by atoms with Gasteiger partial charge in [-0.05, 0) is 76.5 Å². The Balaban J connectivity index is 1.16. The van der Waals surface area contributed by atoms with Crippen LogP contribution in [0.4, 0.5) is 22.7 Å². The number of nitrogens with zero attached hydrogens (tertiary/aromatic N) is 2. The van der Waals surface area contributed by atoms with E-state index in [1.165, 1.54) is 4.90 Å². The van der Waals surface area contributed by atoms with Crippen molar-refractivity contribution in [1.82, 2.24) is 0 Å². The summed E-state index contributed by atoms with van der Waals surface area (Å²) in [6.45, 7) is 0. The maximum atomic E-state index is 13.7. The smallest absolute Gasteiger partial charge is 0.266 e. The molecule has 5 heteroatoms. The predicted molar refractivity (Wildman–Crippen MR) is 162 cm³/mol. The van der Waals surface area contributed by atoms with Gasteiger partial charge in [-0.25, -0.2) is 4.90 Å². The number of para-hydroxylation sites is 4. The minimum Gasteiger partial charge on any atom is -0.453 e. The van der Waals surface area contributed by atoms with Gasteiger partial charge in [-0.15, -0.1) is 0 Å². The van der Waals surface area contributed by atoms with Crippen LogP contribution in [0.5, 0.6) is 11.5 Å². The third kappa shape index (κ3) is 3.56. The van der Waals surface area contributed by atoms with E-state index in [1.54, 1.807) is 12.1 Å². The standard InChI is InChI=1S/C36H22N2O3/c39-35-29-21-20-26(37-31-12-3-5-14-33(31)41-34-15-6-4-13-32(34)37)22-30(29)36(40)38(35)25-18-16-24(17-19-25)28-11-7-9-23-8-1-2-10-27(23)28/h1-22H. The van der Waals surface area contributed by atoms with Gasteiger partial charge in [-0.3, -0.25) is 9.59 Å². The minimum atomic E-state index is -0.334. The summed E-state index contributed by atoms with van der Waals surface area (Å²) in [5.41, 5.74) is 5.96. The molecule has 5 nitrogen and oxygen atoms in total. The second-order valence-corrected chi connectivity index (χ2v) is 10.1. The third-order valence-corrected chi connectivity index (χ3v) is 7.79. The summed E-state index contributed by atoms with van der Waals surface area (Å²) in [7, 11) is 0. The van der Waals surface area contributed by atoms with Gasteiger partial charge in [0.2, 0.25) is 0 Å². The molecule has 0 spiro atoms. The molecule has 41 heavy (non-hydrogen) atoms. The highest BCUT2D eigenvalue weighted by Crippen LogP contribution is 2.50. The first-order valence-corrected chi connectivity index (χ1v) is 13.4. The van der Waals surface area contributed by atoms with E-state index in [-0.39, 0.29) is 11.8 Å². The van der Waals surface area contributed by atoms with Crippen LogP contribution in [0.25, 0.3) is 21.9 Å². The van der Waals surface area contributed by atoms with Crippen LogP contribution in [-0.4, -0.2) is 11.8 Å². The summed E-state index contributed by atoms with van der Waals surface area (Å²) >= 11 is 0. The van der Waals surface area contributed by atoms with Crippen LogP contribution < -0.4 is 14.5 Å². The molecule has 0 N–H and O–H groups in total. The first-order valence-electron chi connectivity index (χ1n) is 13.4. The predicted octanol–water partition coefficient (Wildman–Crippen LogP) is 8.88. The molecule has 0 radical (unpaired) electrons. The summed E-state index contributed by atoms with van der Waals surface area (Å²) in [6.07, 6.45) is 0. The van der Waals surface area contributed by atoms with E-state index in [0.29, 0.717) is 16.8 Å². The zero-order valence-electron chi connectivity index (χ0n) is 21.8. The van der Waals surface area contributed by atoms with Crippen molar-refractivity contribution in [2.75, 3.05) is 9.80 Å². The van der Waals surface area contributed by atoms with Crippen molar-refractivity contribution in [3.8, 4) is 22.6 Å². The zero-order valence-corrected chi connectivity index (χ0v) is 21.8. The molecule has 2 amide bonds. The van der Waals surface area contributed by atoms with Gasteiger partial charge in [0.1, 0.15) is 0 Å². The average Bonchev–Trinajstić information content (AvgIpc) is 3.28. The molecule has 0 atom stereocenters. The Morgan fingerprint density at radius 3 is 1.83 bits per heavy atom. The Kier molecular flexibility index (Phi) is 5.06. The van der Waals surface area contributed by atoms with E-state index in [9.17, 15) is 9.59 Å². The van der Waals surface area contributed by atoms with E-state index in [0.717, 1.165) is 50.5 Å². The van der Waals surface area contributed by atoms with Gasteiger partial charge < -0.3 is 9.64 Å². The number of amides is 2. The Bertz CT molecular complexity index is 1980. The van der Waals surface area contributed by atoms with Gasteiger partial charge in [-0.2, -0.15) is 0 Å². The number of fused-ring (bicyclic) bond motifs is 4. The quantitative estimate of drug-likeness (QED) is 0.214. The van der Waals surface area contributed by atoms with Crippen LogP contribution in [0.15, 0.2) is 133 Å². The molecule has 6 aromatic rings. The Labute approximate surface area is 236 Å². The van der Waals surface area contributed by atoms with Gasteiger partial charge in [-0.1, -0.05) is 78.9 Å². The summed E-state index contributed by atoms with van der Waals surface area (Å²) < 4.78 is 6.13. The first kappa shape index (κ1) is 23.2. The van der Waals surface area contributed by atoms with Crippen LogP contribution in [0.2, 0.25) is 0 Å². The molecule has 0 unspecified atom stereocenters. The second-order valence-electron chi connectivity index (χ2n) is 10.1. The fourth-order valence-electron chi connectivity index (χ4n) is 5.85. The van der Waals surface area contributed by atoms with E-state index in [2.05, 4.69) is 29.2 Å². The van der Waals surface area contributed by atoms with Crippen molar-refractivity contribution in [2.24, 2.45) is 0 Å². The Morgan fingerprint density at radius 1 is 0.463 bits per heavy atom. The summed E-state index contributed by atoms with van der Waals surface area (Å²) in [6, 6.07) is 43.1. The highest BCUT2D eigenvalue weighted by molar-refractivity contribution is 6.34. The second kappa shape index (κ2) is 8.93. The number of ether oxygens (including phenoxy) is 1. The minimum absolute atomic E-state index is 0.322. The topological polar surface area (TPSA) is 49.9 Å². The van der Waals surface area contributed by atoms with Crippen molar-refractivity contribution in [1.29, 1.82) is 0 Å². The SMILES string of the molecule is O=C1c2ccc(N3c4ccccc4Oc4ccccc43)cc2C(=O)N1c1ccc(-c2cccc3ccccc23)cc1. The zero-order chi connectivity index (χ0) is 27.5. The number of benzene rings is 6. The van der Waals surface area contributed by atoms with E-state index < -0.39 is 0 Å². The van der Waals surface area contributed by atoms with Gasteiger partial charge in [0, 0.05) is 5.69 Å². The van der Waals surface area contributed by atoms with Crippen molar-refractivity contribution >= 4 is 45.3 Å². The number of anilines is 4. The number of carbonyl (C=O) groups excluding carboxylic acids is 2. The highest BCUT2D eigenvalue weighted by Gasteiger charge is 2.38. The molecule has 2 heterocycles. The molecule has 6 aromatic carbocycles. The molecule has 2 aliphatic heterocycles. The van der Waals surface area contributed by atoms with Crippen LogP contribution in [0, 0.1) is 0 Å². The van der Waals surface area contributed by atoms with Crippen LogP contribution in [-0.2, 0) is 0 Å². The van der Waals surface area contributed by atoms with Gasteiger partial charge in [0.05, 0.1) is 28.2 Å². The molecule has 0 bridgehead atoms. The van der Waals surface area contributed by atoms with Crippen LogP contribution >= 0.6 is 0 Å². The molecule has 0 saturated carbocycles. The molecular weight excluding hydrogens is 508 g/mol. The third-order valence-electron chi connectivity index (χ3n) is 7.79. The van der Waals surface area contributed by atoms with E-state index in [1.807, 2.05) is 97.1 Å². The molecule has 194 valence electrons. The van der Waals surface area contributed by atoms with E-state index in [4.69, 9.17) is 4.74 Å². The van der Waals surface area contributed by atoms with Crippen molar-refractivity contribution in [2.45, 2.75) is 0 Å². The Morgan fingerprint density at radius 2 is 1.07 bits per heavy atom. The molecule has 0 aliphatic carbocycles. The fraction of sp³-hybridized carbons (Fsp3) is 0. The normalized spacial score (nSPS) is 13.6. The lowest BCUT2D eigenvalue weighted by molar-refractivity contribution is 0.0926. The molecule has 0 aromatic heterocycles. The molecular formula is C36H22N2O3. The van der Waals surface area contributed by atoms with E-state index >= 15 is 0 Å². The molecule has 0 saturated heterocycles. The van der Waals surface area contributed by atoms with Crippen molar-refractivity contribution in [3.63, 3.8) is 0 Å². The lowest BCUT2D eigenvalue weighted by Gasteiger charge is -2.32. The van der Waals surface area contributed by atoms with Gasteiger partial charge in [0.25, 0.3) is 11.8 Å². The number of hydrogen-bond acceptors (Lipinski definition) is 4. The van der Waals surface area contributed by atoms with Crippen molar-refractivity contribution < 1.29 is 14.3 Å². The molecule has 2 aliphatic rings. The van der Waals surface area contributed by atoms with Gasteiger partial charge in [0.15, 0.2) is 11.5 Å². The number of rotatable bonds is 3. The maximum Gasteiger partial charge on any atom is 0.266 e. The highest BCUT2D eigenvalue weighted by atomic mass is 16.5. The summed E-state index contributed by atoms with van der Waals surface area (Å²) in [5.74, 6) is 0.792. The summed E-state index contributed by atoms with van der Waals surface area (Å²) in [5, 5.41) is 2.32. The number of imide groups is 1. The van der Waals surface area contributed by atoms with Crippen molar-refractivity contribution in [3.05, 3.63) is 145 Å². The monoisotopic (exact) mass is 530 g/mol. The molecule has 0 fully saturated rings. The summed E-state index contributed by atoms with van der Waals surface area (Å²) in [4.78, 5) is 30.5. The Hall–Kier alpha value is -5.68. The van der Waals surface area contributed by atoms with Crippen LogP contribution in [0.3, 0.4) is 0 Å². The lowest BCUT2D eigenvalue weighted by atomic mass is 9.98. The average molecular weight is 531 g/mol. The maximum absolute atomic E-state index is 13.7. The fourth-order valence-corrected chi connectivity index (χ4v) is 5.85. The first-order chi connectivity index (χ1) is 20.2. The molecule has 8 rings (SSSR count). The van der Waals surface area contributed by atoms with Gasteiger partial charge >= 0.3 is 0 Å².